The van der Waals surface area contributed by atoms with E-state index in [0.717, 1.165) is 13.0 Å². The first kappa shape index (κ1) is 16.3. The van der Waals surface area contributed by atoms with E-state index >= 15 is 0 Å². The van der Waals surface area contributed by atoms with Crippen LogP contribution in [0.1, 0.15) is 54.9 Å². The molecule has 98 valence electrons. The Kier molecular flexibility index (Phi) is 8.57. The Morgan fingerprint density at radius 3 is 1.81 bits per heavy atom. The number of hydrogen-bond donors (Lipinski definition) is 0. The third kappa shape index (κ3) is 6.15. The molecular weight excluding hydrogens is 221 g/mol. The van der Waals surface area contributed by atoms with Crippen molar-refractivity contribution in [3.63, 3.8) is 0 Å². The molecule has 0 rings (SSSR count). The highest BCUT2D eigenvalue weighted by atomic mass is 31.2. The molecule has 0 saturated carbocycles. The zero-order valence-electron chi connectivity index (χ0n) is 11.9. The van der Waals surface area contributed by atoms with Gasteiger partial charge in [0.2, 0.25) is 0 Å². The molecule has 0 aromatic rings. The number of rotatable bonds is 8. The van der Waals surface area contributed by atoms with Gasteiger partial charge >= 0.3 is 0 Å². The Labute approximate surface area is 102 Å². The van der Waals surface area contributed by atoms with Crippen molar-refractivity contribution in [1.29, 1.82) is 0 Å². The van der Waals surface area contributed by atoms with Crippen LogP contribution >= 0.6 is 8.53 Å². The van der Waals surface area contributed by atoms with Gasteiger partial charge in [-0.05, 0) is 48.0 Å². The van der Waals surface area contributed by atoms with Crippen molar-refractivity contribution in [3.05, 3.63) is 0 Å². The quantitative estimate of drug-likeness (QED) is 0.602. The summed E-state index contributed by atoms with van der Waals surface area (Å²) in [6, 6.07) is 0.892. The smallest absolute Gasteiger partial charge is 0.259 e. The Morgan fingerprint density at radius 1 is 1.00 bits per heavy atom. The molecule has 0 amide bonds. The summed E-state index contributed by atoms with van der Waals surface area (Å²) < 4.78 is 14.1. The Hall–Kier alpha value is 0.310. The van der Waals surface area contributed by atoms with E-state index in [9.17, 15) is 0 Å². The number of hydrogen-bond acceptors (Lipinski definition) is 3. The fourth-order valence-corrected chi connectivity index (χ4v) is 3.23. The van der Waals surface area contributed by atoms with Gasteiger partial charge in [0, 0.05) is 12.1 Å². The van der Waals surface area contributed by atoms with Crippen LogP contribution in [0.4, 0.5) is 0 Å². The molecular formula is C12H28NO2P. The van der Waals surface area contributed by atoms with Crippen LogP contribution in [-0.4, -0.2) is 29.5 Å². The molecule has 0 aromatic heterocycles. The van der Waals surface area contributed by atoms with Crippen molar-refractivity contribution in [2.75, 3.05) is 6.61 Å². The van der Waals surface area contributed by atoms with Gasteiger partial charge in [-0.2, -0.15) is 0 Å². The van der Waals surface area contributed by atoms with Crippen LogP contribution in [0.2, 0.25) is 0 Å². The van der Waals surface area contributed by atoms with Crippen molar-refractivity contribution >= 4 is 8.53 Å². The maximum absolute atomic E-state index is 5.91. The van der Waals surface area contributed by atoms with Crippen LogP contribution < -0.4 is 0 Å². The topological polar surface area (TPSA) is 21.7 Å². The Bertz CT molecular complexity index is 166. The van der Waals surface area contributed by atoms with Gasteiger partial charge in [-0.15, -0.1) is 0 Å². The molecule has 1 unspecified atom stereocenters. The minimum absolute atomic E-state index is 0.211. The standard InChI is InChI=1S/C12H28NO2P/c1-8-9-14-16(15-12(6)7)13(10(2)3)11(4)5/h10-12H,8-9H2,1-7H3. The van der Waals surface area contributed by atoms with Crippen molar-refractivity contribution in [2.24, 2.45) is 0 Å². The van der Waals surface area contributed by atoms with Crippen LogP contribution in [0.3, 0.4) is 0 Å². The molecule has 1 atom stereocenters. The molecule has 0 bridgehead atoms. The highest BCUT2D eigenvalue weighted by Crippen LogP contribution is 2.46. The molecule has 0 radical (unpaired) electrons. The predicted molar refractivity (Wildman–Crippen MR) is 71.5 cm³/mol. The minimum Gasteiger partial charge on any atom is -0.322 e. The second kappa shape index (κ2) is 8.41. The van der Waals surface area contributed by atoms with E-state index in [-0.39, 0.29) is 6.10 Å². The molecule has 0 fully saturated rings. The van der Waals surface area contributed by atoms with Gasteiger partial charge in [-0.1, -0.05) is 6.92 Å². The summed E-state index contributed by atoms with van der Waals surface area (Å²) in [6.45, 7) is 15.8. The van der Waals surface area contributed by atoms with Crippen molar-refractivity contribution in [1.82, 2.24) is 4.67 Å². The maximum atomic E-state index is 5.91. The largest absolute Gasteiger partial charge is 0.322 e. The molecule has 3 nitrogen and oxygen atoms in total. The molecule has 4 heteroatoms. The molecule has 0 heterocycles. The third-order valence-corrected chi connectivity index (χ3v) is 4.26. The zero-order valence-corrected chi connectivity index (χ0v) is 12.8. The maximum Gasteiger partial charge on any atom is 0.259 e. The summed E-state index contributed by atoms with van der Waals surface area (Å²) in [6.07, 6.45) is 1.24. The normalized spacial score (nSPS) is 14.4. The summed E-state index contributed by atoms with van der Waals surface area (Å²) >= 11 is 0. The average Bonchev–Trinajstić information content (AvgIpc) is 2.11. The zero-order chi connectivity index (χ0) is 12.7. The van der Waals surface area contributed by atoms with Crippen LogP contribution in [0.5, 0.6) is 0 Å². The van der Waals surface area contributed by atoms with Crippen LogP contribution in [0.15, 0.2) is 0 Å². The molecule has 0 aliphatic carbocycles. The van der Waals surface area contributed by atoms with E-state index < -0.39 is 8.53 Å². The van der Waals surface area contributed by atoms with E-state index in [1.54, 1.807) is 0 Å². The summed E-state index contributed by atoms with van der Waals surface area (Å²) in [4.78, 5) is 0. The SMILES string of the molecule is CCCOP(OC(C)C)N(C(C)C)C(C)C. The lowest BCUT2D eigenvalue weighted by Gasteiger charge is -2.36. The van der Waals surface area contributed by atoms with Gasteiger partial charge in [0.25, 0.3) is 8.53 Å². The van der Waals surface area contributed by atoms with Crippen molar-refractivity contribution < 1.29 is 9.05 Å². The van der Waals surface area contributed by atoms with E-state index in [1.807, 2.05) is 0 Å². The highest BCUT2D eigenvalue weighted by Gasteiger charge is 2.27. The fourth-order valence-electron chi connectivity index (χ4n) is 1.47. The predicted octanol–water partition coefficient (Wildman–Crippen LogP) is 4.18. The molecule has 0 aliphatic rings. The van der Waals surface area contributed by atoms with E-state index in [1.165, 1.54) is 0 Å². The van der Waals surface area contributed by atoms with Crippen LogP contribution in [0.25, 0.3) is 0 Å². The monoisotopic (exact) mass is 249 g/mol. The first-order valence-corrected chi connectivity index (χ1v) is 7.41. The van der Waals surface area contributed by atoms with Crippen LogP contribution in [0, 0.1) is 0 Å². The van der Waals surface area contributed by atoms with Crippen LogP contribution in [-0.2, 0) is 9.05 Å². The lowest BCUT2D eigenvalue weighted by atomic mass is 10.3. The van der Waals surface area contributed by atoms with Gasteiger partial charge in [-0.25, -0.2) is 4.67 Å². The van der Waals surface area contributed by atoms with Crippen molar-refractivity contribution in [3.8, 4) is 0 Å². The van der Waals surface area contributed by atoms with E-state index in [0.29, 0.717) is 12.1 Å². The average molecular weight is 249 g/mol. The van der Waals surface area contributed by atoms with Crippen molar-refractivity contribution in [2.45, 2.75) is 73.1 Å². The summed E-state index contributed by atoms with van der Waals surface area (Å²) in [5.41, 5.74) is 0. The lowest BCUT2D eigenvalue weighted by Crippen LogP contribution is -2.34. The van der Waals surface area contributed by atoms with E-state index in [2.05, 4.69) is 53.1 Å². The van der Waals surface area contributed by atoms with E-state index in [4.69, 9.17) is 9.05 Å². The summed E-state index contributed by atoms with van der Waals surface area (Å²) in [5, 5.41) is 0. The second-order valence-electron chi connectivity index (χ2n) is 4.79. The minimum atomic E-state index is -0.915. The highest BCUT2D eigenvalue weighted by molar-refractivity contribution is 7.44. The first-order chi connectivity index (χ1) is 7.40. The lowest BCUT2D eigenvalue weighted by molar-refractivity contribution is 0.148. The third-order valence-electron chi connectivity index (χ3n) is 1.95. The molecule has 0 saturated heterocycles. The summed E-state index contributed by atoms with van der Waals surface area (Å²) in [7, 11) is -0.915. The van der Waals surface area contributed by atoms with Gasteiger partial charge in [0.15, 0.2) is 0 Å². The molecule has 0 N–H and O–H groups in total. The van der Waals surface area contributed by atoms with Gasteiger partial charge in [0.1, 0.15) is 0 Å². The Balaban J connectivity index is 4.53. The molecule has 0 spiro atoms. The van der Waals surface area contributed by atoms with Gasteiger partial charge in [-0.3, -0.25) is 0 Å². The summed E-state index contributed by atoms with van der Waals surface area (Å²) in [5.74, 6) is 0. The molecule has 0 aromatic carbocycles. The number of nitrogens with zero attached hydrogens (tertiary/aromatic N) is 1. The molecule has 16 heavy (non-hydrogen) atoms. The van der Waals surface area contributed by atoms with Gasteiger partial charge in [0.05, 0.1) is 12.7 Å². The second-order valence-corrected chi connectivity index (χ2v) is 6.20. The fraction of sp³-hybridized carbons (Fsp3) is 1.00. The molecule has 0 aliphatic heterocycles. The van der Waals surface area contributed by atoms with Gasteiger partial charge < -0.3 is 9.05 Å². The first-order valence-electron chi connectivity index (χ1n) is 6.28. The Morgan fingerprint density at radius 2 is 1.50 bits per heavy atom.